The summed E-state index contributed by atoms with van der Waals surface area (Å²) in [5.74, 6) is -0.476. The minimum absolute atomic E-state index is 0.238. The van der Waals surface area contributed by atoms with Crippen molar-refractivity contribution in [1.29, 1.82) is 21.0 Å². The molecule has 4 nitrogen and oxygen atoms in total. The Labute approximate surface area is 231 Å². The van der Waals surface area contributed by atoms with E-state index in [2.05, 4.69) is 48.5 Å². The van der Waals surface area contributed by atoms with Crippen molar-refractivity contribution in [3.05, 3.63) is 153 Å². The molecule has 0 radical (unpaired) electrons. The number of nitrogens with zero attached hydrogens (tertiary/aromatic N) is 4. The Kier molecular flexibility index (Phi) is 5.12. The topological polar surface area (TPSA) is 95.2 Å². The minimum Gasteiger partial charge on any atom is -0.192 e. The van der Waals surface area contributed by atoms with Crippen LogP contribution in [0.4, 0.5) is 0 Å². The Balaban J connectivity index is 1.62. The first-order chi connectivity index (χ1) is 19.7. The molecule has 2 bridgehead atoms. The second-order valence-corrected chi connectivity index (χ2v) is 10.1. The van der Waals surface area contributed by atoms with Crippen LogP contribution >= 0.6 is 0 Å². The van der Waals surface area contributed by atoms with Crippen molar-refractivity contribution < 1.29 is 0 Å². The van der Waals surface area contributed by atoms with Crippen LogP contribution in [-0.2, 0) is 0 Å². The molecule has 40 heavy (non-hydrogen) atoms. The summed E-state index contributed by atoms with van der Waals surface area (Å²) in [5.41, 5.74) is 12.9. The van der Waals surface area contributed by atoms with Gasteiger partial charge in [-0.15, -0.1) is 0 Å². The lowest BCUT2D eigenvalue weighted by Gasteiger charge is -2.45. The predicted octanol–water partition coefficient (Wildman–Crippen LogP) is 7.49. The van der Waals surface area contributed by atoms with Crippen LogP contribution in [-0.4, -0.2) is 0 Å². The molecule has 3 aliphatic carbocycles. The average Bonchev–Trinajstić information content (AvgIpc) is 3.03. The van der Waals surface area contributed by atoms with Gasteiger partial charge in [0.05, 0.1) is 46.5 Å². The fourth-order valence-electron chi connectivity index (χ4n) is 6.63. The molecule has 0 amide bonds. The lowest BCUT2D eigenvalue weighted by atomic mass is 9.57. The third-order valence-corrected chi connectivity index (χ3v) is 8.23. The van der Waals surface area contributed by atoms with Crippen LogP contribution in [0.2, 0.25) is 0 Å². The summed E-state index contributed by atoms with van der Waals surface area (Å²) in [7, 11) is 0. The lowest BCUT2D eigenvalue weighted by molar-refractivity contribution is 0.753. The first-order valence-corrected chi connectivity index (χ1v) is 12.9. The Morgan fingerprint density at radius 2 is 0.800 bits per heavy atom. The van der Waals surface area contributed by atoms with Gasteiger partial charge in [0.2, 0.25) is 0 Å². The average molecular weight is 507 g/mol. The van der Waals surface area contributed by atoms with E-state index in [9.17, 15) is 21.0 Å². The van der Waals surface area contributed by atoms with Gasteiger partial charge < -0.3 is 0 Å². The highest BCUT2D eigenvalue weighted by Gasteiger charge is 2.46. The molecule has 3 aliphatic rings. The van der Waals surface area contributed by atoms with Crippen molar-refractivity contribution >= 4 is 0 Å². The molecular formula is C36H18N4. The van der Waals surface area contributed by atoms with Crippen LogP contribution in [0.3, 0.4) is 0 Å². The number of hydrogen-bond acceptors (Lipinski definition) is 4. The molecule has 0 N–H and O–H groups in total. The van der Waals surface area contributed by atoms with E-state index in [1.165, 1.54) is 0 Å². The summed E-state index contributed by atoms with van der Waals surface area (Å²) >= 11 is 0. The van der Waals surface area contributed by atoms with E-state index in [0.717, 1.165) is 55.6 Å². The Hall–Kier alpha value is -5.94. The van der Waals surface area contributed by atoms with E-state index >= 15 is 0 Å². The molecule has 0 aliphatic heterocycles. The minimum atomic E-state index is -0.238. The SMILES string of the molecule is N#Cc1ccc(-c2ccc(-c3ccc(C#N)cc3)c3c2C2c4cccc(C#N)c4C3c3cccc(C#N)c32)cc1. The van der Waals surface area contributed by atoms with E-state index in [-0.39, 0.29) is 11.8 Å². The summed E-state index contributed by atoms with van der Waals surface area (Å²) in [5, 5.41) is 39.1. The van der Waals surface area contributed by atoms with Crippen molar-refractivity contribution in [2.75, 3.05) is 0 Å². The van der Waals surface area contributed by atoms with Crippen molar-refractivity contribution in [2.24, 2.45) is 0 Å². The van der Waals surface area contributed by atoms with Crippen LogP contribution in [0, 0.1) is 45.3 Å². The standard InChI is InChI=1S/C36H18N4/c37-17-21-7-11-23(12-8-21)27-15-16-28(24-13-9-22(18-38)10-14-24)34-33(27)35-29-5-1-3-25(19-39)31(29)36(34)30-6-2-4-26(20-40)32(30)35/h1-16,35-36H. The summed E-state index contributed by atoms with van der Waals surface area (Å²) < 4.78 is 0. The van der Waals surface area contributed by atoms with Crippen LogP contribution in [0.25, 0.3) is 22.3 Å². The molecular weight excluding hydrogens is 488 g/mol. The Bertz CT molecular complexity index is 1890. The molecule has 0 saturated carbocycles. The van der Waals surface area contributed by atoms with Gasteiger partial charge in [-0.3, -0.25) is 0 Å². The third-order valence-electron chi connectivity index (χ3n) is 8.23. The molecule has 8 rings (SSSR count). The zero-order chi connectivity index (χ0) is 27.4. The molecule has 0 heterocycles. The highest BCUT2D eigenvalue weighted by atomic mass is 14.5. The van der Waals surface area contributed by atoms with E-state index < -0.39 is 0 Å². The number of hydrogen-bond donors (Lipinski definition) is 0. The number of benzene rings is 5. The first-order valence-electron chi connectivity index (χ1n) is 12.9. The smallest absolute Gasteiger partial charge is 0.0994 e. The molecule has 0 spiro atoms. The van der Waals surface area contributed by atoms with E-state index in [1.807, 2.05) is 72.8 Å². The van der Waals surface area contributed by atoms with Crippen LogP contribution in [0.1, 0.15) is 67.5 Å². The highest BCUT2D eigenvalue weighted by molar-refractivity contribution is 5.87. The number of rotatable bonds is 2. The second-order valence-electron chi connectivity index (χ2n) is 10.1. The predicted molar refractivity (Wildman–Crippen MR) is 151 cm³/mol. The molecule has 0 aromatic heterocycles. The largest absolute Gasteiger partial charge is 0.192 e. The van der Waals surface area contributed by atoms with Gasteiger partial charge in [0.1, 0.15) is 0 Å². The lowest BCUT2D eigenvalue weighted by Crippen LogP contribution is -2.30. The molecule has 0 fully saturated rings. The second kappa shape index (κ2) is 8.82. The van der Waals surface area contributed by atoms with Crippen molar-refractivity contribution in [3.63, 3.8) is 0 Å². The van der Waals surface area contributed by atoms with Gasteiger partial charge in [-0.25, -0.2) is 0 Å². The monoisotopic (exact) mass is 506 g/mol. The van der Waals surface area contributed by atoms with E-state index in [1.54, 1.807) is 0 Å². The van der Waals surface area contributed by atoms with Gasteiger partial charge in [0.25, 0.3) is 0 Å². The molecule has 182 valence electrons. The van der Waals surface area contributed by atoms with Crippen LogP contribution in [0.5, 0.6) is 0 Å². The van der Waals surface area contributed by atoms with E-state index in [4.69, 9.17) is 0 Å². The van der Waals surface area contributed by atoms with Crippen molar-refractivity contribution in [3.8, 4) is 46.5 Å². The van der Waals surface area contributed by atoms with Crippen LogP contribution in [0.15, 0.2) is 97.1 Å². The van der Waals surface area contributed by atoms with E-state index in [0.29, 0.717) is 22.3 Å². The fourth-order valence-corrected chi connectivity index (χ4v) is 6.63. The molecule has 5 aromatic rings. The Morgan fingerprint density at radius 1 is 0.400 bits per heavy atom. The van der Waals surface area contributed by atoms with Gasteiger partial charge in [-0.2, -0.15) is 21.0 Å². The summed E-state index contributed by atoms with van der Waals surface area (Å²) in [6.07, 6.45) is 0. The van der Waals surface area contributed by atoms with Gasteiger partial charge in [0.15, 0.2) is 0 Å². The molecule has 2 atom stereocenters. The summed E-state index contributed by atoms with van der Waals surface area (Å²) in [4.78, 5) is 0. The van der Waals surface area contributed by atoms with Crippen molar-refractivity contribution in [1.82, 2.24) is 0 Å². The zero-order valence-electron chi connectivity index (χ0n) is 21.2. The van der Waals surface area contributed by atoms with Gasteiger partial charge in [-0.1, -0.05) is 60.7 Å². The Morgan fingerprint density at radius 3 is 1.15 bits per heavy atom. The fraction of sp³-hybridized carbons (Fsp3) is 0.0556. The molecule has 4 heteroatoms. The quantitative estimate of drug-likeness (QED) is 0.243. The first kappa shape index (κ1) is 23.2. The maximum absolute atomic E-state index is 10.2. The maximum atomic E-state index is 10.2. The van der Waals surface area contributed by atoms with Gasteiger partial charge in [0, 0.05) is 11.8 Å². The zero-order valence-corrected chi connectivity index (χ0v) is 21.2. The summed E-state index contributed by atoms with van der Waals surface area (Å²) in [6.45, 7) is 0. The molecule has 5 aromatic carbocycles. The maximum Gasteiger partial charge on any atom is 0.0994 e. The normalized spacial score (nSPS) is 15.4. The third kappa shape index (κ3) is 3.15. The highest BCUT2D eigenvalue weighted by Crippen LogP contribution is 2.61. The molecule has 2 unspecified atom stereocenters. The van der Waals surface area contributed by atoms with Crippen LogP contribution < -0.4 is 0 Å². The van der Waals surface area contributed by atoms with Gasteiger partial charge >= 0.3 is 0 Å². The van der Waals surface area contributed by atoms with Gasteiger partial charge in [-0.05, 0) is 92.0 Å². The molecule has 0 saturated heterocycles. The van der Waals surface area contributed by atoms with Crippen molar-refractivity contribution in [2.45, 2.75) is 11.8 Å². The number of nitriles is 4. The summed E-state index contributed by atoms with van der Waals surface area (Å²) in [6, 6.07) is 40.5.